The summed E-state index contributed by atoms with van der Waals surface area (Å²) in [4.78, 5) is 31.8. The number of carbonyl (C=O) groups excluding carboxylic acids is 2. The summed E-state index contributed by atoms with van der Waals surface area (Å²) < 4.78 is 0. The molecule has 1 atom stereocenters. The van der Waals surface area contributed by atoms with E-state index in [1.165, 1.54) is 28.2 Å². The molecule has 2 aromatic carbocycles. The summed E-state index contributed by atoms with van der Waals surface area (Å²) in [6, 6.07) is 14.9. The van der Waals surface area contributed by atoms with E-state index < -0.39 is 17.7 Å². The number of amides is 1. The molecule has 6 nitrogen and oxygen atoms in total. The number of aromatic hydroxyl groups is 1. The number of likely N-dealkylation sites (tertiary alicyclic amines) is 1. The molecule has 1 aromatic heterocycles. The molecule has 0 radical (unpaired) electrons. The van der Waals surface area contributed by atoms with Gasteiger partial charge in [0.2, 0.25) is 0 Å². The minimum atomic E-state index is -0.818. The highest BCUT2D eigenvalue weighted by Crippen LogP contribution is 2.41. The maximum absolute atomic E-state index is 13.2. The first-order valence-corrected chi connectivity index (χ1v) is 11.1. The van der Waals surface area contributed by atoms with Crippen LogP contribution in [0.5, 0.6) is 5.75 Å². The van der Waals surface area contributed by atoms with Gasteiger partial charge in [-0.15, -0.1) is 0 Å². The lowest BCUT2D eigenvalue weighted by Crippen LogP contribution is -2.29. The summed E-state index contributed by atoms with van der Waals surface area (Å²) in [6.07, 6.45) is 7.44. The average Bonchev–Trinajstić information content (AvgIpc) is 3.09. The van der Waals surface area contributed by atoms with E-state index in [4.69, 9.17) is 0 Å². The number of ketones is 1. The first-order valence-electron chi connectivity index (χ1n) is 11.1. The second kappa shape index (κ2) is 8.54. The molecule has 2 heterocycles. The van der Waals surface area contributed by atoms with Crippen molar-refractivity contribution in [3.8, 4) is 5.75 Å². The number of rotatable bonds is 4. The van der Waals surface area contributed by atoms with Crippen LogP contribution in [-0.4, -0.2) is 31.8 Å². The Hall–Kier alpha value is -3.93. The normalized spacial score (nSPS) is 19.5. The molecule has 5 rings (SSSR count). The lowest BCUT2D eigenvalue weighted by Gasteiger charge is -2.25. The number of aromatic nitrogens is 1. The monoisotopic (exact) mass is 440 g/mol. The Morgan fingerprint density at radius 1 is 0.970 bits per heavy atom. The predicted molar refractivity (Wildman–Crippen MR) is 123 cm³/mol. The number of pyridine rings is 1. The molecule has 0 saturated carbocycles. The Balaban J connectivity index is 1.64. The van der Waals surface area contributed by atoms with Crippen molar-refractivity contribution in [2.24, 2.45) is 0 Å². The predicted octanol–water partition coefficient (Wildman–Crippen LogP) is 4.29. The van der Waals surface area contributed by atoms with Crippen LogP contribution in [0.2, 0.25) is 0 Å². The Labute approximate surface area is 191 Å². The summed E-state index contributed by atoms with van der Waals surface area (Å²) >= 11 is 0. The number of benzene rings is 2. The summed E-state index contributed by atoms with van der Waals surface area (Å²) in [5, 5.41) is 21.4. The standard InChI is InChI=1S/C27H24N2O4/c30-22-7-3-6-20(15-22)24-23(25(31)21-9-8-18-4-1-2-5-19(18)14-21)26(32)27(33)29(24)16-17-10-12-28-13-11-17/h3,6-15,24,30-31H,1-2,4-5,16H2/b25-23-. The smallest absolute Gasteiger partial charge is 0.295 e. The van der Waals surface area contributed by atoms with Crippen LogP contribution < -0.4 is 0 Å². The van der Waals surface area contributed by atoms with Crippen molar-refractivity contribution in [2.45, 2.75) is 38.3 Å². The molecule has 6 heteroatoms. The fourth-order valence-electron chi connectivity index (χ4n) is 4.81. The van der Waals surface area contributed by atoms with Gasteiger partial charge in [-0.25, -0.2) is 0 Å². The Morgan fingerprint density at radius 3 is 2.48 bits per heavy atom. The maximum Gasteiger partial charge on any atom is 0.295 e. The van der Waals surface area contributed by atoms with Crippen LogP contribution in [-0.2, 0) is 29.0 Å². The molecule has 2 N–H and O–H groups in total. The third-order valence-corrected chi connectivity index (χ3v) is 6.45. The van der Waals surface area contributed by atoms with Gasteiger partial charge < -0.3 is 15.1 Å². The van der Waals surface area contributed by atoms with Crippen molar-refractivity contribution in [3.05, 3.63) is 100 Å². The Kier molecular flexibility index (Phi) is 5.42. The molecular weight excluding hydrogens is 416 g/mol. The zero-order valence-corrected chi connectivity index (χ0v) is 18.1. The molecule has 1 fully saturated rings. The highest BCUT2D eigenvalue weighted by Gasteiger charge is 2.46. The van der Waals surface area contributed by atoms with Crippen LogP contribution in [0.25, 0.3) is 5.76 Å². The third kappa shape index (κ3) is 3.89. The van der Waals surface area contributed by atoms with Gasteiger partial charge >= 0.3 is 0 Å². The van der Waals surface area contributed by atoms with E-state index in [1.54, 1.807) is 36.7 Å². The van der Waals surface area contributed by atoms with Crippen molar-refractivity contribution in [2.75, 3.05) is 0 Å². The highest BCUT2D eigenvalue weighted by atomic mass is 16.3. The summed E-state index contributed by atoms with van der Waals surface area (Å²) in [6.45, 7) is 0.175. The lowest BCUT2D eigenvalue weighted by molar-refractivity contribution is -0.140. The van der Waals surface area contributed by atoms with Crippen LogP contribution in [0.1, 0.15) is 46.7 Å². The minimum absolute atomic E-state index is 0.0239. The second-order valence-electron chi connectivity index (χ2n) is 8.57. The number of aliphatic hydroxyl groups is 1. The zero-order chi connectivity index (χ0) is 22.9. The minimum Gasteiger partial charge on any atom is -0.508 e. The van der Waals surface area contributed by atoms with E-state index in [9.17, 15) is 19.8 Å². The fourth-order valence-corrected chi connectivity index (χ4v) is 4.81. The average molecular weight is 440 g/mol. The highest BCUT2D eigenvalue weighted by molar-refractivity contribution is 6.46. The molecule has 0 spiro atoms. The number of nitrogens with zero attached hydrogens (tertiary/aromatic N) is 2. The van der Waals surface area contributed by atoms with E-state index in [1.807, 2.05) is 18.2 Å². The maximum atomic E-state index is 13.2. The number of fused-ring (bicyclic) bond motifs is 1. The van der Waals surface area contributed by atoms with E-state index >= 15 is 0 Å². The quantitative estimate of drug-likeness (QED) is 0.359. The number of phenols is 1. The fraction of sp³-hybridized carbons (Fsp3) is 0.222. The van der Waals surface area contributed by atoms with Gasteiger partial charge in [0, 0.05) is 24.5 Å². The first kappa shape index (κ1) is 20.9. The number of hydrogen-bond acceptors (Lipinski definition) is 5. The van der Waals surface area contributed by atoms with Crippen LogP contribution in [0.4, 0.5) is 0 Å². The molecular formula is C27H24N2O4. The topological polar surface area (TPSA) is 90.7 Å². The van der Waals surface area contributed by atoms with Crippen molar-refractivity contribution in [3.63, 3.8) is 0 Å². The number of hydrogen-bond donors (Lipinski definition) is 2. The van der Waals surface area contributed by atoms with Gasteiger partial charge in [0.15, 0.2) is 0 Å². The summed E-state index contributed by atoms with van der Waals surface area (Å²) in [5.41, 5.74) is 4.37. The number of carbonyl (C=O) groups is 2. The summed E-state index contributed by atoms with van der Waals surface area (Å²) in [5.74, 6) is -1.57. The molecule has 1 saturated heterocycles. The molecule has 2 aliphatic rings. The molecule has 1 aliphatic carbocycles. The number of phenolic OH excluding ortho intramolecular Hbond substituents is 1. The van der Waals surface area contributed by atoms with Crippen LogP contribution in [0.3, 0.4) is 0 Å². The molecule has 1 aliphatic heterocycles. The van der Waals surface area contributed by atoms with Crippen LogP contribution in [0.15, 0.2) is 72.6 Å². The van der Waals surface area contributed by atoms with Gasteiger partial charge in [-0.05, 0) is 78.3 Å². The first-order chi connectivity index (χ1) is 16.0. The number of Topliss-reactive ketones (excluding diaryl/α,β-unsaturated/α-hetero) is 1. The summed E-state index contributed by atoms with van der Waals surface area (Å²) in [7, 11) is 0. The van der Waals surface area contributed by atoms with E-state index in [2.05, 4.69) is 4.98 Å². The second-order valence-corrected chi connectivity index (χ2v) is 8.57. The molecule has 1 unspecified atom stereocenters. The number of aryl methyl sites for hydroxylation is 2. The van der Waals surface area contributed by atoms with Crippen molar-refractivity contribution >= 4 is 17.4 Å². The van der Waals surface area contributed by atoms with Crippen molar-refractivity contribution in [1.29, 1.82) is 0 Å². The van der Waals surface area contributed by atoms with Crippen LogP contribution >= 0.6 is 0 Å². The van der Waals surface area contributed by atoms with Gasteiger partial charge in [-0.3, -0.25) is 14.6 Å². The van der Waals surface area contributed by atoms with Gasteiger partial charge in [0.25, 0.3) is 11.7 Å². The van der Waals surface area contributed by atoms with E-state index in [0.29, 0.717) is 11.1 Å². The lowest BCUT2D eigenvalue weighted by atomic mass is 9.88. The zero-order valence-electron chi connectivity index (χ0n) is 18.1. The van der Waals surface area contributed by atoms with E-state index in [0.717, 1.165) is 31.2 Å². The van der Waals surface area contributed by atoms with Crippen LogP contribution in [0, 0.1) is 0 Å². The van der Waals surface area contributed by atoms with Gasteiger partial charge in [-0.1, -0.05) is 24.3 Å². The third-order valence-electron chi connectivity index (χ3n) is 6.45. The van der Waals surface area contributed by atoms with Crippen molar-refractivity contribution < 1.29 is 19.8 Å². The Morgan fingerprint density at radius 2 is 1.73 bits per heavy atom. The van der Waals surface area contributed by atoms with Crippen molar-refractivity contribution in [1.82, 2.24) is 9.88 Å². The van der Waals surface area contributed by atoms with Gasteiger partial charge in [0.1, 0.15) is 11.5 Å². The molecule has 0 bridgehead atoms. The molecule has 3 aromatic rings. The van der Waals surface area contributed by atoms with Gasteiger partial charge in [-0.2, -0.15) is 0 Å². The largest absolute Gasteiger partial charge is 0.508 e. The van der Waals surface area contributed by atoms with E-state index in [-0.39, 0.29) is 23.6 Å². The molecule has 1 amide bonds. The number of aliphatic hydroxyl groups excluding tert-OH is 1. The molecule has 166 valence electrons. The molecule has 33 heavy (non-hydrogen) atoms. The SMILES string of the molecule is O=C1C(=O)N(Cc2ccncc2)C(c2cccc(O)c2)/C1=C(/O)c1ccc2c(c1)CCCC2. The van der Waals surface area contributed by atoms with Gasteiger partial charge in [0.05, 0.1) is 11.6 Å². The Bertz CT molecular complexity index is 1270.